The minimum Gasteiger partial charge on any atom is -0.344 e. The van der Waals surface area contributed by atoms with Gasteiger partial charge in [0.25, 0.3) is 11.8 Å². The highest BCUT2D eigenvalue weighted by Crippen LogP contribution is 2.30. The fourth-order valence-electron chi connectivity index (χ4n) is 6.31. The van der Waals surface area contributed by atoms with E-state index in [1.807, 2.05) is 98.8 Å². The third kappa shape index (κ3) is 8.29. The van der Waals surface area contributed by atoms with E-state index in [4.69, 9.17) is 0 Å². The number of amides is 3. The zero-order chi connectivity index (χ0) is 37.3. The first-order chi connectivity index (χ1) is 25.8. The predicted octanol–water partition coefficient (Wildman–Crippen LogP) is 9.15. The van der Waals surface area contributed by atoms with E-state index >= 15 is 0 Å². The number of rotatable bonds is 11. The van der Waals surface area contributed by atoms with Crippen molar-refractivity contribution in [2.75, 3.05) is 5.75 Å². The molecule has 5 aromatic rings. The summed E-state index contributed by atoms with van der Waals surface area (Å²) >= 11 is 1.04. The average molecular weight is 717 g/mol. The Labute approximate surface area is 314 Å². The molecule has 8 heteroatoms. The van der Waals surface area contributed by atoms with Crippen LogP contribution in [0.2, 0.25) is 0 Å². The predicted molar refractivity (Wildman–Crippen MR) is 216 cm³/mol. The van der Waals surface area contributed by atoms with Crippen molar-refractivity contribution in [1.82, 2.24) is 14.8 Å². The molecule has 4 aromatic carbocycles. The van der Waals surface area contributed by atoms with Crippen LogP contribution in [0.3, 0.4) is 0 Å². The van der Waals surface area contributed by atoms with Gasteiger partial charge in [0.15, 0.2) is 5.17 Å². The van der Waals surface area contributed by atoms with Gasteiger partial charge >= 0.3 is 0 Å². The minimum absolute atomic E-state index is 0.0713. The van der Waals surface area contributed by atoms with E-state index in [0.29, 0.717) is 5.70 Å². The van der Waals surface area contributed by atoms with Gasteiger partial charge in [0.2, 0.25) is 5.91 Å². The summed E-state index contributed by atoms with van der Waals surface area (Å²) in [4.78, 5) is 47.2. The summed E-state index contributed by atoms with van der Waals surface area (Å²) in [5, 5.41) is 3.24. The molecule has 0 aliphatic carbocycles. The molecule has 1 aliphatic rings. The van der Waals surface area contributed by atoms with Gasteiger partial charge in [-0.1, -0.05) is 140 Å². The number of nitrogens with zero attached hydrogens (tertiary/aromatic N) is 3. The Kier molecular flexibility index (Phi) is 11.6. The van der Waals surface area contributed by atoms with Crippen LogP contribution in [0.15, 0.2) is 168 Å². The van der Waals surface area contributed by atoms with E-state index < -0.39 is 11.8 Å². The molecule has 53 heavy (non-hydrogen) atoms. The number of benzene rings is 4. The van der Waals surface area contributed by atoms with Crippen LogP contribution in [0.25, 0.3) is 22.9 Å². The highest BCUT2D eigenvalue weighted by Gasteiger charge is 2.35. The smallest absolute Gasteiger partial charge is 0.285 e. The monoisotopic (exact) mass is 716 g/mol. The van der Waals surface area contributed by atoms with Gasteiger partial charge in [-0.3, -0.25) is 19.3 Å². The standard InChI is InChI=1S/C45H40N4O3S/c1-5-7-23-38(6-2)49-44(52)40(29-37-28-31(3)48(32(37)4)39-26-24-34(25-27-39)33-17-11-8-12-18-33)43(51)47-45(49)53-30-41(50)46-42(35-19-13-9-14-20-35)36-21-15-10-16-22-36/h5-29,42H,1,30H2,2-4H3,(H,46,50)/b23-7-,38-6+,40-29-. The Morgan fingerprint density at radius 3 is 2.02 bits per heavy atom. The van der Waals surface area contributed by atoms with Gasteiger partial charge in [-0.2, -0.15) is 4.99 Å². The van der Waals surface area contributed by atoms with Crippen molar-refractivity contribution >= 4 is 40.7 Å². The minimum atomic E-state index is -0.666. The van der Waals surface area contributed by atoms with Gasteiger partial charge in [-0.15, -0.1) is 0 Å². The highest BCUT2D eigenvalue weighted by atomic mass is 32.2. The van der Waals surface area contributed by atoms with Gasteiger partial charge in [0.1, 0.15) is 5.57 Å². The molecule has 2 heterocycles. The van der Waals surface area contributed by atoms with Crippen molar-refractivity contribution in [1.29, 1.82) is 0 Å². The van der Waals surface area contributed by atoms with Crippen LogP contribution in [0.4, 0.5) is 0 Å². The SMILES string of the molecule is C=C/C=C\C(=C/C)N1C(=O)/C(=C\c2cc(C)n(-c3ccc(-c4ccccc4)cc3)c2C)C(=O)N=C1SCC(=O)NC(c1ccccc1)c1ccccc1. The topological polar surface area (TPSA) is 83.8 Å². The van der Waals surface area contributed by atoms with Crippen molar-refractivity contribution in [3.63, 3.8) is 0 Å². The maximum absolute atomic E-state index is 14.3. The Morgan fingerprint density at radius 2 is 1.43 bits per heavy atom. The molecule has 1 aliphatic heterocycles. The van der Waals surface area contributed by atoms with Crippen molar-refractivity contribution in [2.24, 2.45) is 4.99 Å². The van der Waals surface area contributed by atoms with Crippen LogP contribution in [0.5, 0.6) is 0 Å². The Hall–Kier alpha value is -6.25. The molecule has 0 bridgehead atoms. The lowest BCUT2D eigenvalue weighted by atomic mass is 9.99. The molecule has 3 amide bonds. The Balaban J connectivity index is 1.28. The lowest BCUT2D eigenvalue weighted by Crippen LogP contribution is -2.42. The summed E-state index contributed by atoms with van der Waals surface area (Å²) in [6.07, 6.45) is 8.40. The van der Waals surface area contributed by atoms with Crippen molar-refractivity contribution in [3.05, 3.63) is 192 Å². The summed E-state index contributed by atoms with van der Waals surface area (Å²) in [5.74, 6) is -1.54. The average Bonchev–Trinajstić information content (AvgIpc) is 3.48. The van der Waals surface area contributed by atoms with Crippen LogP contribution < -0.4 is 5.32 Å². The van der Waals surface area contributed by atoms with Gasteiger partial charge < -0.3 is 9.88 Å². The normalized spacial score (nSPS) is 14.3. The first-order valence-electron chi connectivity index (χ1n) is 17.3. The molecule has 0 unspecified atom stereocenters. The summed E-state index contributed by atoms with van der Waals surface area (Å²) < 4.78 is 2.10. The third-order valence-corrected chi connectivity index (χ3v) is 9.85. The number of allylic oxidation sites excluding steroid dienone is 4. The van der Waals surface area contributed by atoms with E-state index in [-0.39, 0.29) is 28.4 Å². The first kappa shape index (κ1) is 36.5. The van der Waals surface area contributed by atoms with Crippen molar-refractivity contribution in [2.45, 2.75) is 26.8 Å². The quantitative estimate of drug-likeness (QED) is 0.0840. The van der Waals surface area contributed by atoms with Gasteiger partial charge in [0.05, 0.1) is 11.8 Å². The summed E-state index contributed by atoms with van der Waals surface area (Å²) in [5.41, 5.74) is 8.06. The number of aromatic nitrogens is 1. The van der Waals surface area contributed by atoms with E-state index in [1.165, 1.54) is 4.90 Å². The number of amidine groups is 1. The van der Waals surface area contributed by atoms with Crippen LogP contribution in [0.1, 0.15) is 41.0 Å². The fraction of sp³-hybridized carbons (Fsp3) is 0.111. The Morgan fingerprint density at radius 1 is 0.849 bits per heavy atom. The molecule has 0 atom stereocenters. The van der Waals surface area contributed by atoms with E-state index in [2.05, 4.69) is 57.9 Å². The number of thioether (sulfide) groups is 1. The summed E-state index contributed by atoms with van der Waals surface area (Å²) in [6, 6.07) is 39.5. The first-order valence-corrected chi connectivity index (χ1v) is 18.3. The van der Waals surface area contributed by atoms with Crippen LogP contribution in [-0.4, -0.2) is 38.1 Å². The molecule has 0 spiro atoms. The zero-order valence-corrected chi connectivity index (χ0v) is 30.7. The largest absolute Gasteiger partial charge is 0.344 e. The van der Waals surface area contributed by atoms with Gasteiger partial charge in [-0.05, 0) is 78.9 Å². The number of carbonyl (C=O) groups excluding carboxylic acids is 3. The van der Waals surface area contributed by atoms with Crippen molar-refractivity contribution in [3.8, 4) is 16.8 Å². The molecular formula is C45H40N4O3S. The van der Waals surface area contributed by atoms with Crippen LogP contribution in [-0.2, 0) is 14.4 Å². The lowest BCUT2D eigenvalue weighted by molar-refractivity contribution is -0.126. The molecule has 0 saturated carbocycles. The van der Waals surface area contributed by atoms with Crippen molar-refractivity contribution < 1.29 is 14.4 Å². The number of hydrogen-bond donors (Lipinski definition) is 1. The second-order valence-corrected chi connectivity index (χ2v) is 13.3. The fourth-order valence-corrected chi connectivity index (χ4v) is 7.12. The summed E-state index contributed by atoms with van der Waals surface area (Å²) in [7, 11) is 0. The van der Waals surface area contributed by atoms with Gasteiger partial charge in [0, 0.05) is 22.8 Å². The second-order valence-electron chi connectivity index (χ2n) is 12.4. The number of aryl methyl sites for hydroxylation is 1. The molecule has 0 radical (unpaired) electrons. The maximum atomic E-state index is 14.3. The number of nitrogens with one attached hydrogen (secondary N) is 1. The molecule has 6 rings (SSSR count). The molecule has 1 N–H and O–H groups in total. The molecule has 0 saturated heterocycles. The highest BCUT2D eigenvalue weighted by molar-refractivity contribution is 8.14. The molecule has 264 valence electrons. The number of aliphatic imine (C=N–C) groups is 1. The molecule has 0 fully saturated rings. The van der Waals surface area contributed by atoms with E-state index in [9.17, 15) is 14.4 Å². The lowest BCUT2D eigenvalue weighted by Gasteiger charge is -2.28. The molecular weight excluding hydrogens is 677 g/mol. The number of hydrogen-bond acceptors (Lipinski definition) is 4. The Bertz CT molecular complexity index is 2210. The third-order valence-electron chi connectivity index (χ3n) is 8.92. The molecule has 7 nitrogen and oxygen atoms in total. The summed E-state index contributed by atoms with van der Waals surface area (Å²) in [6.45, 7) is 9.52. The van der Waals surface area contributed by atoms with Crippen LogP contribution >= 0.6 is 11.8 Å². The number of carbonyl (C=O) groups is 3. The molecule has 1 aromatic heterocycles. The second kappa shape index (κ2) is 16.8. The van der Waals surface area contributed by atoms with Crippen LogP contribution in [0, 0.1) is 13.8 Å². The van der Waals surface area contributed by atoms with E-state index in [1.54, 1.807) is 37.3 Å². The maximum Gasteiger partial charge on any atom is 0.285 e. The van der Waals surface area contributed by atoms with Gasteiger partial charge in [-0.25, -0.2) is 0 Å². The zero-order valence-electron chi connectivity index (χ0n) is 29.9. The van der Waals surface area contributed by atoms with E-state index in [0.717, 1.165) is 56.7 Å².